The van der Waals surface area contributed by atoms with Gasteiger partial charge >= 0.3 is 6.01 Å². The fourth-order valence-electron chi connectivity index (χ4n) is 1.42. The highest BCUT2D eigenvalue weighted by Gasteiger charge is 2.06. The standard InChI is InChI=1S/C13H15N3O3/c1-17-11-7-12(18-2)16-13(15-11)19-8-9-3-5-10(14)6-4-9/h3-7H,8,14H2,1-2H3. The van der Waals surface area contributed by atoms with Crippen LogP contribution in [0.2, 0.25) is 0 Å². The van der Waals surface area contributed by atoms with E-state index in [1.165, 1.54) is 14.2 Å². The molecule has 0 aliphatic heterocycles. The van der Waals surface area contributed by atoms with Crippen LogP contribution in [-0.4, -0.2) is 24.2 Å². The molecule has 2 aromatic rings. The lowest BCUT2D eigenvalue weighted by molar-refractivity contribution is 0.266. The number of benzene rings is 1. The molecule has 2 N–H and O–H groups in total. The Morgan fingerprint density at radius 2 is 1.58 bits per heavy atom. The Bertz CT molecular complexity index is 521. The second-order valence-corrected chi connectivity index (χ2v) is 3.77. The van der Waals surface area contributed by atoms with Crippen molar-refractivity contribution in [3.05, 3.63) is 35.9 Å². The molecule has 0 saturated heterocycles. The van der Waals surface area contributed by atoms with Gasteiger partial charge in [0.25, 0.3) is 0 Å². The molecule has 0 bridgehead atoms. The lowest BCUT2D eigenvalue weighted by Crippen LogP contribution is -2.02. The van der Waals surface area contributed by atoms with Crippen LogP contribution >= 0.6 is 0 Å². The summed E-state index contributed by atoms with van der Waals surface area (Å²) in [5.41, 5.74) is 7.29. The average molecular weight is 261 g/mol. The van der Waals surface area contributed by atoms with Crippen molar-refractivity contribution in [2.24, 2.45) is 0 Å². The molecular formula is C13H15N3O3. The fraction of sp³-hybridized carbons (Fsp3) is 0.231. The summed E-state index contributed by atoms with van der Waals surface area (Å²) in [6.45, 7) is 0.344. The molecule has 6 heteroatoms. The molecule has 0 atom stereocenters. The van der Waals surface area contributed by atoms with Gasteiger partial charge in [0.1, 0.15) is 6.61 Å². The van der Waals surface area contributed by atoms with Crippen molar-refractivity contribution in [1.29, 1.82) is 0 Å². The zero-order valence-corrected chi connectivity index (χ0v) is 10.8. The van der Waals surface area contributed by atoms with Gasteiger partial charge in [-0.05, 0) is 17.7 Å². The maximum Gasteiger partial charge on any atom is 0.323 e. The van der Waals surface area contributed by atoms with E-state index >= 15 is 0 Å². The van der Waals surface area contributed by atoms with Gasteiger partial charge in [0.15, 0.2) is 0 Å². The smallest absolute Gasteiger partial charge is 0.323 e. The summed E-state index contributed by atoms with van der Waals surface area (Å²) in [6, 6.07) is 9.17. The SMILES string of the molecule is COc1cc(OC)nc(OCc2ccc(N)cc2)n1. The number of hydrogen-bond acceptors (Lipinski definition) is 6. The largest absolute Gasteiger partial charge is 0.481 e. The van der Waals surface area contributed by atoms with Crippen LogP contribution in [0.15, 0.2) is 30.3 Å². The van der Waals surface area contributed by atoms with E-state index in [0.29, 0.717) is 24.1 Å². The van der Waals surface area contributed by atoms with E-state index in [1.807, 2.05) is 24.3 Å². The van der Waals surface area contributed by atoms with Crippen LogP contribution in [0.1, 0.15) is 5.56 Å². The van der Waals surface area contributed by atoms with Crippen LogP contribution < -0.4 is 19.9 Å². The molecule has 1 aromatic heterocycles. The van der Waals surface area contributed by atoms with Crippen molar-refractivity contribution in [3.63, 3.8) is 0 Å². The number of nitrogens with zero attached hydrogens (tertiary/aromatic N) is 2. The second-order valence-electron chi connectivity index (χ2n) is 3.77. The highest BCUT2D eigenvalue weighted by Crippen LogP contribution is 2.19. The summed E-state index contributed by atoms with van der Waals surface area (Å²) < 4.78 is 15.6. The van der Waals surface area contributed by atoms with E-state index in [2.05, 4.69) is 9.97 Å². The summed E-state index contributed by atoms with van der Waals surface area (Å²) in [4.78, 5) is 8.14. The Hall–Kier alpha value is -2.50. The first-order valence-electron chi connectivity index (χ1n) is 5.65. The van der Waals surface area contributed by atoms with E-state index in [9.17, 15) is 0 Å². The summed E-state index contributed by atoms with van der Waals surface area (Å²) >= 11 is 0. The quantitative estimate of drug-likeness (QED) is 0.824. The minimum atomic E-state index is 0.202. The van der Waals surface area contributed by atoms with E-state index < -0.39 is 0 Å². The molecule has 0 saturated carbocycles. The van der Waals surface area contributed by atoms with Gasteiger partial charge in [-0.2, -0.15) is 9.97 Å². The van der Waals surface area contributed by atoms with Crippen LogP contribution in [0.4, 0.5) is 5.69 Å². The van der Waals surface area contributed by atoms with Crippen LogP contribution in [0.5, 0.6) is 17.8 Å². The van der Waals surface area contributed by atoms with Crippen LogP contribution in [0.25, 0.3) is 0 Å². The minimum Gasteiger partial charge on any atom is -0.481 e. The van der Waals surface area contributed by atoms with Crippen LogP contribution in [0.3, 0.4) is 0 Å². The van der Waals surface area contributed by atoms with E-state index in [0.717, 1.165) is 5.56 Å². The molecule has 0 aliphatic carbocycles. The average Bonchev–Trinajstić information content (AvgIpc) is 2.46. The highest BCUT2D eigenvalue weighted by molar-refractivity contribution is 5.39. The molecule has 100 valence electrons. The molecule has 0 spiro atoms. The highest BCUT2D eigenvalue weighted by atomic mass is 16.5. The van der Waals surface area contributed by atoms with Gasteiger partial charge in [0, 0.05) is 5.69 Å². The first-order valence-corrected chi connectivity index (χ1v) is 5.65. The number of rotatable bonds is 5. The lowest BCUT2D eigenvalue weighted by atomic mass is 10.2. The third kappa shape index (κ3) is 3.48. The topological polar surface area (TPSA) is 79.5 Å². The van der Waals surface area contributed by atoms with E-state index in [4.69, 9.17) is 19.9 Å². The minimum absolute atomic E-state index is 0.202. The van der Waals surface area contributed by atoms with Gasteiger partial charge in [-0.25, -0.2) is 0 Å². The maximum absolute atomic E-state index is 5.61. The van der Waals surface area contributed by atoms with E-state index in [-0.39, 0.29) is 6.01 Å². The molecular weight excluding hydrogens is 246 g/mol. The Labute approximate surface area is 111 Å². The summed E-state index contributed by atoms with van der Waals surface area (Å²) in [7, 11) is 3.04. The summed E-state index contributed by atoms with van der Waals surface area (Å²) in [5.74, 6) is 0.776. The molecule has 0 unspecified atom stereocenters. The number of anilines is 1. The molecule has 0 fully saturated rings. The van der Waals surface area contributed by atoms with Crippen LogP contribution in [-0.2, 0) is 6.61 Å². The molecule has 1 aromatic carbocycles. The normalized spacial score (nSPS) is 10.0. The first kappa shape index (κ1) is 12.9. The van der Waals surface area contributed by atoms with Gasteiger partial charge in [0.05, 0.1) is 20.3 Å². The predicted molar refractivity (Wildman–Crippen MR) is 70.3 cm³/mol. The van der Waals surface area contributed by atoms with Crippen LogP contribution in [0, 0.1) is 0 Å². The third-order valence-corrected chi connectivity index (χ3v) is 2.42. The Kier molecular flexibility index (Phi) is 4.02. The van der Waals surface area contributed by atoms with Gasteiger partial charge < -0.3 is 19.9 Å². The number of aromatic nitrogens is 2. The molecule has 2 rings (SSSR count). The predicted octanol–water partition coefficient (Wildman–Crippen LogP) is 1.65. The number of ether oxygens (including phenoxy) is 3. The second kappa shape index (κ2) is 5.90. The van der Waals surface area contributed by atoms with Crippen molar-refractivity contribution >= 4 is 5.69 Å². The maximum atomic E-state index is 5.61. The fourth-order valence-corrected chi connectivity index (χ4v) is 1.42. The van der Waals surface area contributed by atoms with Gasteiger partial charge in [0.2, 0.25) is 11.8 Å². The van der Waals surface area contributed by atoms with Gasteiger partial charge in [-0.3, -0.25) is 0 Å². The molecule has 19 heavy (non-hydrogen) atoms. The molecule has 0 aliphatic rings. The van der Waals surface area contributed by atoms with Crippen molar-refractivity contribution in [2.45, 2.75) is 6.61 Å². The van der Waals surface area contributed by atoms with E-state index in [1.54, 1.807) is 6.07 Å². The molecule has 6 nitrogen and oxygen atoms in total. The monoisotopic (exact) mass is 261 g/mol. The summed E-state index contributed by atoms with van der Waals surface area (Å²) in [6.07, 6.45) is 0. The van der Waals surface area contributed by atoms with Crippen molar-refractivity contribution in [1.82, 2.24) is 9.97 Å². The molecule has 0 radical (unpaired) electrons. The number of nitrogen functional groups attached to an aromatic ring is 1. The zero-order valence-electron chi connectivity index (χ0n) is 10.8. The Morgan fingerprint density at radius 1 is 1.00 bits per heavy atom. The van der Waals surface area contributed by atoms with Crippen molar-refractivity contribution in [2.75, 3.05) is 20.0 Å². The molecule has 0 amide bonds. The Morgan fingerprint density at radius 3 is 2.11 bits per heavy atom. The molecule has 1 heterocycles. The lowest BCUT2D eigenvalue weighted by Gasteiger charge is -2.08. The van der Waals surface area contributed by atoms with Gasteiger partial charge in [-0.1, -0.05) is 12.1 Å². The summed E-state index contributed by atoms with van der Waals surface area (Å²) in [5, 5.41) is 0. The number of methoxy groups -OCH3 is 2. The third-order valence-electron chi connectivity index (χ3n) is 2.42. The zero-order chi connectivity index (χ0) is 13.7. The van der Waals surface area contributed by atoms with Crippen molar-refractivity contribution in [3.8, 4) is 17.8 Å². The first-order chi connectivity index (χ1) is 9.21. The van der Waals surface area contributed by atoms with Crippen molar-refractivity contribution < 1.29 is 14.2 Å². The van der Waals surface area contributed by atoms with Gasteiger partial charge in [-0.15, -0.1) is 0 Å². The number of hydrogen-bond donors (Lipinski definition) is 1. The Balaban J connectivity index is 2.08. The number of nitrogens with two attached hydrogens (primary N) is 1.